The van der Waals surface area contributed by atoms with Crippen LogP contribution >= 0.6 is 0 Å². The first-order valence-corrected chi connectivity index (χ1v) is 14.5. The van der Waals surface area contributed by atoms with Crippen molar-refractivity contribution in [2.75, 3.05) is 4.90 Å². The van der Waals surface area contributed by atoms with Crippen LogP contribution in [-0.4, -0.2) is 8.97 Å². The second-order valence-electron chi connectivity index (χ2n) is 13.2. The molecule has 0 amide bonds. The normalized spacial score (nSPS) is 18.6. The maximum absolute atomic E-state index is 3.48. The van der Waals surface area contributed by atoms with Gasteiger partial charge in [0.15, 0.2) is 0 Å². The van der Waals surface area contributed by atoms with E-state index in [9.17, 15) is 0 Å². The number of benzene rings is 4. The third-order valence-electron chi connectivity index (χ3n) is 10.8. The summed E-state index contributed by atoms with van der Waals surface area (Å²) in [5.41, 5.74) is 13.1. The molecular weight excluding hydrogens is 587 g/mol. The van der Waals surface area contributed by atoms with Crippen molar-refractivity contribution in [1.82, 2.24) is 8.97 Å². The van der Waals surface area contributed by atoms with E-state index < -0.39 is 0 Å². The Morgan fingerprint density at radius 2 is 1.39 bits per heavy atom. The van der Waals surface area contributed by atoms with Crippen LogP contribution in [0.15, 0.2) is 66.7 Å². The molecule has 207 valence electrons. The number of hydrogen-bond acceptors (Lipinski definition) is 1. The maximum Gasteiger partial charge on any atom is 1.00 e. The quantitative estimate of drug-likeness (QED) is 0.122. The fourth-order valence-electron chi connectivity index (χ4n) is 7.92. The molecule has 4 heterocycles. The molecule has 0 unspecified atom stereocenters. The molecule has 0 aliphatic carbocycles. The van der Waals surface area contributed by atoms with Crippen LogP contribution in [0.5, 0.6) is 0 Å². The van der Waals surface area contributed by atoms with Crippen molar-refractivity contribution < 1.29 is 19.5 Å². The summed E-state index contributed by atoms with van der Waals surface area (Å²) >= 11 is 0. The average Bonchev–Trinajstić information content (AvgIpc) is 3.36. The van der Waals surface area contributed by atoms with Crippen molar-refractivity contribution in [2.24, 2.45) is 5.41 Å². The van der Waals surface area contributed by atoms with E-state index in [-0.39, 0.29) is 36.5 Å². The number of rotatable bonds is 0. The monoisotopic (exact) mass is 624 g/mol. The fourth-order valence-corrected chi connectivity index (χ4v) is 7.92. The second-order valence-corrected chi connectivity index (χ2v) is 13.2. The number of aromatic nitrogens is 2. The van der Waals surface area contributed by atoms with Crippen molar-refractivity contribution in [3.05, 3.63) is 101 Å². The molecule has 0 fully saturated rings. The van der Waals surface area contributed by atoms with Gasteiger partial charge < -0.3 is 9.47 Å². The maximum atomic E-state index is 3.48. The van der Waals surface area contributed by atoms with Gasteiger partial charge in [0, 0.05) is 27.3 Å². The Balaban J connectivity index is 0.00000276. The molecule has 0 saturated carbocycles. The first kappa shape index (κ1) is 26.5. The molecule has 4 aromatic carbocycles. The predicted octanol–water partition coefficient (Wildman–Crippen LogP) is 8.67. The van der Waals surface area contributed by atoms with E-state index >= 15 is 0 Å². The number of aryl methyl sites for hydroxylation is 2. The summed E-state index contributed by atoms with van der Waals surface area (Å²) in [7, 11) is 0. The van der Waals surface area contributed by atoms with Crippen molar-refractivity contribution >= 4 is 49.5 Å². The Bertz CT molecular complexity index is 2170. The molecule has 1 atom stereocenters. The van der Waals surface area contributed by atoms with Crippen LogP contribution in [0.1, 0.15) is 63.0 Å². The third-order valence-corrected chi connectivity index (χ3v) is 10.8. The van der Waals surface area contributed by atoms with Gasteiger partial charge >= 0.3 is 19.5 Å². The topological polar surface area (TPSA) is 12.6 Å². The molecular formula is C37H36N3Ru. The third kappa shape index (κ3) is 2.97. The number of nitrogens with zero attached hydrogens (tertiary/aromatic N) is 3. The largest absolute Gasteiger partial charge is 1.00 e. The molecule has 0 N–H and O–H groups in total. The van der Waals surface area contributed by atoms with Gasteiger partial charge in [-0.05, 0) is 48.9 Å². The molecule has 3 nitrogen and oxygen atoms in total. The van der Waals surface area contributed by atoms with Crippen LogP contribution < -0.4 is 10.4 Å². The molecule has 0 bridgehead atoms. The van der Waals surface area contributed by atoms with E-state index in [1.807, 2.05) is 0 Å². The van der Waals surface area contributed by atoms with E-state index in [2.05, 4.69) is 142 Å². The predicted molar refractivity (Wildman–Crippen MR) is 169 cm³/mol. The minimum atomic E-state index is -0.147. The molecule has 2 aliphatic rings. The summed E-state index contributed by atoms with van der Waals surface area (Å²) in [6.07, 6.45) is 0.102. The minimum absolute atomic E-state index is 0. The Kier molecular flexibility index (Phi) is 5.41. The van der Waals surface area contributed by atoms with E-state index in [0.29, 0.717) is 0 Å². The van der Waals surface area contributed by atoms with Gasteiger partial charge in [0.25, 0.3) is 0 Å². The molecule has 2 aliphatic heterocycles. The van der Waals surface area contributed by atoms with Crippen LogP contribution in [0.4, 0.5) is 5.69 Å². The van der Waals surface area contributed by atoms with E-state index in [1.165, 1.54) is 77.2 Å². The van der Waals surface area contributed by atoms with Gasteiger partial charge in [0.1, 0.15) is 11.6 Å². The summed E-state index contributed by atoms with van der Waals surface area (Å²) in [4.78, 5) is 2.69. The Morgan fingerprint density at radius 3 is 2.15 bits per heavy atom. The van der Waals surface area contributed by atoms with Crippen LogP contribution in [-0.2, 0) is 24.9 Å². The van der Waals surface area contributed by atoms with Crippen LogP contribution in [0, 0.1) is 32.3 Å². The standard InChI is InChI=1S/C37H36N3.Ru/c1-21-19-20-29-32(23(21)3)38-24(4)39-31-22(2)13-11-15-27(31)28-17-12-16-26-25-14-9-10-18-30(25)40(33(26)28)35(39)34(38)37(7,8)36(29,5)6;/h9-10,12-20,24H,1-8H3;/q-1;+1/t24-;/m0./s1. The smallest absolute Gasteiger partial charge is 0.327 e. The van der Waals surface area contributed by atoms with Gasteiger partial charge in [-0.25, -0.2) is 0 Å². The second kappa shape index (κ2) is 8.36. The average molecular weight is 624 g/mol. The van der Waals surface area contributed by atoms with Crippen LogP contribution in [0.3, 0.4) is 0 Å². The van der Waals surface area contributed by atoms with E-state index in [0.717, 1.165) is 0 Å². The van der Waals surface area contributed by atoms with Gasteiger partial charge in [-0.3, -0.25) is 4.40 Å². The minimum Gasteiger partial charge on any atom is -0.327 e. The molecule has 41 heavy (non-hydrogen) atoms. The van der Waals surface area contributed by atoms with Gasteiger partial charge in [0.05, 0.1) is 16.7 Å². The van der Waals surface area contributed by atoms with Gasteiger partial charge in [-0.1, -0.05) is 88.7 Å². The first-order chi connectivity index (χ1) is 19.1. The molecule has 0 saturated heterocycles. The zero-order chi connectivity index (χ0) is 27.9. The van der Waals surface area contributed by atoms with Gasteiger partial charge in [-0.2, -0.15) is 18.2 Å². The number of para-hydroxylation sites is 2. The van der Waals surface area contributed by atoms with Crippen molar-refractivity contribution in [3.63, 3.8) is 0 Å². The molecule has 8 rings (SSSR count). The van der Waals surface area contributed by atoms with E-state index in [4.69, 9.17) is 0 Å². The number of fused-ring (bicyclic) bond motifs is 11. The number of hydrogen-bond donors (Lipinski definition) is 0. The Morgan fingerprint density at radius 1 is 0.707 bits per heavy atom. The zero-order valence-electron chi connectivity index (χ0n) is 25.1. The van der Waals surface area contributed by atoms with Gasteiger partial charge in [0.2, 0.25) is 0 Å². The number of anilines is 1. The molecule has 4 heteroatoms. The fraction of sp³-hybridized carbons (Fsp3) is 0.297. The summed E-state index contributed by atoms with van der Waals surface area (Å²) in [6, 6.07) is 28.3. The Labute approximate surface area is 254 Å². The first-order valence-electron chi connectivity index (χ1n) is 14.5. The van der Waals surface area contributed by atoms with Crippen LogP contribution in [0.2, 0.25) is 0 Å². The molecule has 1 radical (unpaired) electrons. The molecule has 6 aromatic rings. The molecule has 0 spiro atoms. The summed E-state index contributed by atoms with van der Waals surface area (Å²) in [6.45, 7) is 19.0. The van der Waals surface area contributed by atoms with Crippen molar-refractivity contribution in [3.8, 4) is 0 Å². The van der Waals surface area contributed by atoms with Crippen LogP contribution in [0.25, 0.3) is 43.8 Å². The summed E-state index contributed by atoms with van der Waals surface area (Å²) in [5.74, 6) is 0. The van der Waals surface area contributed by atoms with Crippen molar-refractivity contribution in [2.45, 2.75) is 67.0 Å². The van der Waals surface area contributed by atoms with Gasteiger partial charge in [-0.15, -0.1) is 10.9 Å². The Hall–Kier alpha value is -3.36. The SMILES string of the molecule is Cc1ccc2c(c1C)N1C(=c3n(c4c(C)c[c-]cc4c4cccc5c6ccccc6n3c45)[C@H]1C)C(C)(C)C2(C)C.[Ru+]. The zero-order valence-corrected chi connectivity index (χ0v) is 26.9. The summed E-state index contributed by atoms with van der Waals surface area (Å²) in [5, 5.41) is 5.15. The molecule has 2 aromatic heterocycles. The van der Waals surface area contributed by atoms with Crippen molar-refractivity contribution in [1.29, 1.82) is 0 Å². The van der Waals surface area contributed by atoms with E-state index in [1.54, 1.807) is 0 Å². The summed E-state index contributed by atoms with van der Waals surface area (Å²) < 4.78 is 5.24.